The van der Waals surface area contributed by atoms with Crippen molar-refractivity contribution >= 4 is 0 Å². The second-order valence-electron chi connectivity index (χ2n) is 6.12. The Morgan fingerprint density at radius 2 is 1.85 bits per heavy atom. The molecule has 0 amide bonds. The molecule has 0 radical (unpaired) electrons. The van der Waals surface area contributed by atoms with Gasteiger partial charge in [0.15, 0.2) is 0 Å². The molecule has 2 nitrogen and oxygen atoms in total. The smallest absolute Gasteiger partial charge is 0.0876 e. The molecule has 20 heavy (non-hydrogen) atoms. The van der Waals surface area contributed by atoms with Gasteiger partial charge < -0.3 is 10.1 Å². The quantitative estimate of drug-likeness (QED) is 0.865. The average molecular weight is 275 g/mol. The maximum atomic E-state index is 6.29. The lowest BCUT2D eigenvalue weighted by Gasteiger charge is -2.43. The standard InChI is InChI=1S/C18H29NO/c1-5-20-18(11-7-6-8-12-18)17(19-4)16-10-9-14(2)15(3)13-16/h9-10,13,17,19H,5-8,11-12H2,1-4H3. The van der Waals surface area contributed by atoms with Crippen molar-refractivity contribution < 1.29 is 4.74 Å². The third kappa shape index (κ3) is 3.07. The van der Waals surface area contributed by atoms with Crippen LogP contribution in [0.25, 0.3) is 0 Å². The Balaban J connectivity index is 2.34. The molecule has 0 bridgehead atoms. The zero-order valence-electron chi connectivity index (χ0n) is 13.5. The summed E-state index contributed by atoms with van der Waals surface area (Å²) in [5.74, 6) is 0. The second kappa shape index (κ2) is 6.73. The minimum atomic E-state index is -0.0244. The van der Waals surface area contributed by atoms with Crippen LogP contribution in [-0.2, 0) is 4.74 Å². The Morgan fingerprint density at radius 1 is 1.15 bits per heavy atom. The third-order valence-electron chi connectivity index (χ3n) is 4.81. The van der Waals surface area contributed by atoms with Crippen LogP contribution in [0.1, 0.15) is 61.8 Å². The van der Waals surface area contributed by atoms with E-state index in [9.17, 15) is 0 Å². The van der Waals surface area contributed by atoms with E-state index in [1.54, 1.807) is 0 Å². The molecule has 0 aliphatic heterocycles. The Kier molecular flexibility index (Phi) is 5.22. The highest BCUT2D eigenvalue weighted by molar-refractivity contribution is 5.33. The van der Waals surface area contributed by atoms with Gasteiger partial charge in [-0.3, -0.25) is 0 Å². The first-order valence-electron chi connectivity index (χ1n) is 8.01. The molecule has 1 fully saturated rings. The van der Waals surface area contributed by atoms with Crippen LogP contribution in [0.2, 0.25) is 0 Å². The van der Waals surface area contributed by atoms with Gasteiger partial charge in [0.1, 0.15) is 0 Å². The van der Waals surface area contributed by atoms with Crippen LogP contribution in [0.3, 0.4) is 0 Å². The molecule has 1 unspecified atom stereocenters. The zero-order chi connectivity index (χ0) is 14.6. The number of hydrogen-bond acceptors (Lipinski definition) is 2. The molecule has 112 valence electrons. The second-order valence-corrected chi connectivity index (χ2v) is 6.12. The molecule has 1 saturated carbocycles. The van der Waals surface area contributed by atoms with E-state index in [4.69, 9.17) is 4.74 Å². The zero-order valence-corrected chi connectivity index (χ0v) is 13.5. The summed E-state index contributed by atoms with van der Waals surface area (Å²) in [6.07, 6.45) is 6.24. The number of ether oxygens (including phenoxy) is 1. The predicted octanol–water partition coefficient (Wildman–Crippen LogP) is 4.30. The highest BCUT2D eigenvalue weighted by Crippen LogP contribution is 2.41. The fraction of sp³-hybridized carbons (Fsp3) is 0.667. The van der Waals surface area contributed by atoms with Crippen LogP contribution in [0.5, 0.6) is 0 Å². The molecule has 1 aliphatic rings. The number of aryl methyl sites for hydroxylation is 2. The molecule has 1 aromatic carbocycles. The van der Waals surface area contributed by atoms with E-state index in [1.165, 1.54) is 48.8 Å². The first kappa shape index (κ1) is 15.5. The summed E-state index contributed by atoms with van der Waals surface area (Å²) < 4.78 is 6.29. The van der Waals surface area contributed by atoms with E-state index >= 15 is 0 Å². The van der Waals surface area contributed by atoms with E-state index in [0.717, 1.165) is 6.61 Å². The van der Waals surface area contributed by atoms with Crippen molar-refractivity contribution in [2.45, 2.75) is 64.5 Å². The molecule has 0 saturated heterocycles. The van der Waals surface area contributed by atoms with Gasteiger partial charge in [0, 0.05) is 6.61 Å². The molecule has 1 N–H and O–H groups in total. The van der Waals surface area contributed by atoms with Crippen molar-refractivity contribution in [3.8, 4) is 0 Å². The lowest BCUT2D eigenvalue weighted by Crippen LogP contribution is -2.46. The normalized spacial score (nSPS) is 19.8. The van der Waals surface area contributed by atoms with Crippen LogP contribution in [0, 0.1) is 13.8 Å². The molecule has 2 rings (SSSR count). The summed E-state index contributed by atoms with van der Waals surface area (Å²) >= 11 is 0. The van der Waals surface area contributed by atoms with E-state index in [1.807, 2.05) is 0 Å². The molecule has 2 heteroatoms. The highest BCUT2D eigenvalue weighted by atomic mass is 16.5. The summed E-state index contributed by atoms with van der Waals surface area (Å²) in [6, 6.07) is 7.12. The number of benzene rings is 1. The summed E-state index contributed by atoms with van der Waals surface area (Å²) in [6.45, 7) is 7.28. The summed E-state index contributed by atoms with van der Waals surface area (Å²) in [4.78, 5) is 0. The van der Waals surface area contributed by atoms with Gasteiger partial charge in [-0.2, -0.15) is 0 Å². The first-order chi connectivity index (χ1) is 9.63. The minimum absolute atomic E-state index is 0.0244. The van der Waals surface area contributed by atoms with Gasteiger partial charge in [-0.15, -0.1) is 0 Å². The van der Waals surface area contributed by atoms with Crippen molar-refractivity contribution in [3.63, 3.8) is 0 Å². The fourth-order valence-corrected chi connectivity index (χ4v) is 3.63. The Hall–Kier alpha value is -0.860. The largest absolute Gasteiger partial charge is 0.373 e. The highest BCUT2D eigenvalue weighted by Gasteiger charge is 2.40. The lowest BCUT2D eigenvalue weighted by molar-refractivity contribution is -0.0898. The topological polar surface area (TPSA) is 21.3 Å². The van der Waals surface area contributed by atoms with Crippen LogP contribution in [0.4, 0.5) is 0 Å². The lowest BCUT2D eigenvalue weighted by atomic mass is 9.76. The molecule has 1 aromatic rings. The van der Waals surface area contributed by atoms with Gasteiger partial charge in [0.2, 0.25) is 0 Å². The molecular weight excluding hydrogens is 246 g/mol. The van der Waals surface area contributed by atoms with Gasteiger partial charge in [-0.1, -0.05) is 37.5 Å². The third-order valence-corrected chi connectivity index (χ3v) is 4.81. The van der Waals surface area contributed by atoms with E-state index in [2.05, 4.69) is 51.3 Å². The van der Waals surface area contributed by atoms with Gasteiger partial charge in [0.05, 0.1) is 11.6 Å². The van der Waals surface area contributed by atoms with E-state index in [-0.39, 0.29) is 5.60 Å². The Bertz CT molecular complexity index is 430. The van der Waals surface area contributed by atoms with Crippen molar-refractivity contribution in [3.05, 3.63) is 34.9 Å². The maximum Gasteiger partial charge on any atom is 0.0876 e. The molecule has 1 atom stereocenters. The number of rotatable bonds is 5. The van der Waals surface area contributed by atoms with Gasteiger partial charge in [-0.25, -0.2) is 0 Å². The summed E-state index contributed by atoms with van der Waals surface area (Å²) in [5.41, 5.74) is 4.07. The predicted molar refractivity (Wildman–Crippen MR) is 85.2 cm³/mol. The first-order valence-corrected chi connectivity index (χ1v) is 8.01. The summed E-state index contributed by atoms with van der Waals surface area (Å²) in [7, 11) is 2.06. The number of hydrogen-bond donors (Lipinski definition) is 1. The van der Waals surface area contributed by atoms with Crippen LogP contribution >= 0.6 is 0 Å². The fourth-order valence-electron chi connectivity index (χ4n) is 3.63. The van der Waals surface area contributed by atoms with E-state index < -0.39 is 0 Å². The molecular formula is C18H29NO. The molecule has 0 heterocycles. The SMILES string of the molecule is CCOC1(C(NC)c2ccc(C)c(C)c2)CCCCC1. The number of likely N-dealkylation sites (N-methyl/N-ethyl adjacent to an activating group) is 1. The Morgan fingerprint density at radius 3 is 2.40 bits per heavy atom. The van der Waals surface area contributed by atoms with Crippen LogP contribution < -0.4 is 5.32 Å². The van der Waals surface area contributed by atoms with Gasteiger partial charge >= 0.3 is 0 Å². The van der Waals surface area contributed by atoms with Gasteiger partial charge in [-0.05, 0) is 57.4 Å². The monoisotopic (exact) mass is 275 g/mol. The van der Waals surface area contributed by atoms with Crippen molar-refractivity contribution in [1.82, 2.24) is 5.32 Å². The molecule has 0 spiro atoms. The van der Waals surface area contributed by atoms with Gasteiger partial charge in [0.25, 0.3) is 0 Å². The molecule has 1 aliphatic carbocycles. The maximum absolute atomic E-state index is 6.29. The molecule has 0 aromatic heterocycles. The number of nitrogens with one attached hydrogen (secondary N) is 1. The van der Waals surface area contributed by atoms with Crippen molar-refractivity contribution in [2.24, 2.45) is 0 Å². The summed E-state index contributed by atoms with van der Waals surface area (Å²) in [5, 5.41) is 3.54. The van der Waals surface area contributed by atoms with Crippen molar-refractivity contribution in [2.75, 3.05) is 13.7 Å². The van der Waals surface area contributed by atoms with Crippen molar-refractivity contribution in [1.29, 1.82) is 0 Å². The average Bonchev–Trinajstić information content (AvgIpc) is 2.45. The van der Waals surface area contributed by atoms with Crippen LogP contribution in [-0.4, -0.2) is 19.3 Å². The minimum Gasteiger partial charge on any atom is -0.373 e. The van der Waals surface area contributed by atoms with Crippen LogP contribution in [0.15, 0.2) is 18.2 Å². The Labute approximate surface area is 123 Å². The van der Waals surface area contributed by atoms with E-state index in [0.29, 0.717) is 6.04 Å².